The molecule has 4 aromatic rings. The number of ether oxygens (including phenoxy) is 1. The zero-order chi connectivity index (χ0) is 28.7. The number of thioether (sulfide) groups is 1. The molecule has 2 aliphatic heterocycles. The van der Waals surface area contributed by atoms with Crippen molar-refractivity contribution in [3.8, 4) is 5.75 Å². The van der Waals surface area contributed by atoms with Crippen molar-refractivity contribution >= 4 is 56.5 Å². The van der Waals surface area contributed by atoms with Crippen molar-refractivity contribution in [2.75, 3.05) is 4.90 Å². The van der Waals surface area contributed by atoms with Crippen LogP contribution in [-0.2, 0) is 16.2 Å². The third-order valence-corrected chi connectivity index (χ3v) is 12.8. The van der Waals surface area contributed by atoms with E-state index < -0.39 is 0 Å². The van der Waals surface area contributed by atoms with Crippen molar-refractivity contribution in [1.29, 1.82) is 0 Å². The summed E-state index contributed by atoms with van der Waals surface area (Å²) in [5.74, 6) is 0.121. The Balaban J connectivity index is 1.19. The molecule has 8 rings (SSSR count). The van der Waals surface area contributed by atoms with Crippen LogP contribution >= 0.6 is 39.0 Å². The van der Waals surface area contributed by atoms with E-state index in [-0.39, 0.29) is 57.4 Å². The molecule has 6 nitrogen and oxygen atoms in total. The van der Waals surface area contributed by atoms with E-state index in [0.29, 0.717) is 12.3 Å². The number of aryl methyl sites for hydroxylation is 1. The number of hydrogen-bond acceptors (Lipinski definition) is 6. The molecule has 3 heterocycles. The summed E-state index contributed by atoms with van der Waals surface area (Å²) in [6.45, 7) is 2.53. The van der Waals surface area contributed by atoms with Crippen LogP contribution in [0.2, 0.25) is 0 Å². The highest BCUT2D eigenvalue weighted by Crippen LogP contribution is 2.69. The Morgan fingerprint density at radius 2 is 1.64 bits per heavy atom. The minimum atomic E-state index is -0.340. The Morgan fingerprint density at radius 3 is 2.43 bits per heavy atom. The maximum atomic E-state index is 14.0. The van der Waals surface area contributed by atoms with Crippen LogP contribution in [0.4, 0.5) is 5.69 Å². The fourth-order valence-corrected chi connectivity index (χ4v) is 11.2. The molecule has 2 amide bonds. The number of aromatic nitrogens is 1. The molecule has 0 unspecified atom stereocenters. The molecule has 7 atom stereocenters. The highest BCUT2D eigenvalue weighted by Gasteiger charge is 2.69. The Labute approximate surface area is 259 Å². The Morgan fingerprint density at radius 1 is 0.929 bits per heavy atom. The first kappa shape index (κ1) is 26.5. The van der Waals surface area contributed by atoms with E-state index in [1.165, 1.54) is 21.8 Å². The van der Waals surface area contributed by atoms with Crippen LogP contribution in [0.5, 0.6) is 5.75 Å². The second-order valence-electron chi connectivity index (χ2n) is 11.7. The molecule has 0 radical (unpaired) electrons. The normalized spacial score (nSPS) is 29.0. The number of nitrogens with one attached hydrogen (secondary N) is 1. The number of carbonyl (C=O) groups excluding carboxylic acids is 2. The summed E-state index contributed by atoms with van der Waals surface area (Å²) in [4.78, 5) is 46.0. The smallest absolute Gasteiger partial charge is 0.305 e. The molecule has 3 fully saturated rings. The molecular weight excluding hydrogens is 632 g/mol. The van der Waals surface area contributed by atoms with Gasteiger partial charge < -0.3 is 9.72 Å². The highest BCUT2D eigenvalue weighted by molar-refractivity contribution is 9.10. The maximum absolute atomic E-state index is 14.0. The minimum Gasteiger partial charge on any atom is -0.489 e. The molecule has 9 heteroatoms. The number of halogens is 1. The number of imide groups is 1. The average molecular weight is 660 g/mol. The van der Waals surface area contributed by atoms with Crippen molar-refractivity contribution in [3.05, 3.63) is 109 Å². The zero-order valence-corrected chi connectivity index (χ0v) is 25.9. The quantitative estimate of drug-likeness (QED) is 0.240. The first-order chi connectivity index (χ1) is 20.4. The number of carbonyl (C=O) groups is 2. The number of amides is 2. The number of para-hydroxylation sites is 1. The Kier molecular flexibility index (Phi) is 6.28. The van der Waals surface area contributed by atoms with E-state index in [0.717, 1.165) is 37.7 Å². The third kappa shape index (κ3) is 3.93. The predicted octanol–water partition coefficient (Wildman–Crippen LogP) is 6.76. The minimum absolute atomic E-state index is 0.0502. The number of thiazole rings is 1. The van der Waals surface area contributed by atoms with Crippen molar-refractivity contribution in [2.45, 2.75) is 36.1 Å². The molecule has 2 saturated carbocycles. The molecule has 212 valence electrons. The molecule has 0 spiro atoms. The van der Waals surface area contributed by atoms with Crippen LogP contribution in [0.1, 0.15) is 33.9 Å². The summed E-state index contributed by atoms with van der Waals surface area (Å²) < 4.78 is 7.40. The second-order valence-corrected chi connectivity index (χ2v) is 14.8. The van der Waals surface area contributed by atoms with Gasteiger partial charge in [0.25, 0.3) is 0 Å². The lowest BCUT2D eigenvalue weighted by atomic mass is 9.68. The van der Waals surface area contributed by atoms with Gasteiger partial charge in [-0.2, -0.15) is 0 Å². The first-order valence-corrected chi connectivity index (χ1v) is 16.7. The zero-order valence-electron chi connectivity index (χ0n) is 22.7. The van der Waals surface area contributed by atoms with Crippen molar-refractivity contribution < 1.29 is 14.3 Å². The van der Waals surface area contributed by atoms with Crippen LogP contribution in [0.3, 0.4) is 0 Å². The lowest BCUT2D eigenvalue weighted by Gasteiger charge is -2.43. The van der Waals surface area contributed by atoms with Crippen molar-refractivity contribution in [2.24, 2.45) is 29.6 Å². The summed E-state index contributed by atoms with van der Waals surface area (Å²) >= 11 is 6.43. The fraction of sp³-hybridized carbons (Fsp3) is 0.303. The van der Waals surface area contributed by atoms with Crippen LogP contribution in [0.15, 0.2) is 87.1 Å². The average Bonchev–Trinajstić information content (AvgIpc) is 3.72. The summed E-state index contributed by atoms with van der Waals surface area (Å²) in [5, 5.41) is 1.03. The van der Waals surface area contributed by atoms with Gasteiger partial charge in [-0.3, -0.25) is 19.3 Å². The molecule has 2 aliphatic carbocycles. The Bertz CT molecular complexity index is 1800. The van der Waals surface area contributed by atoms with E-state index in [2.05, 4.69) is 46.0 Å². The monoisotopic (exact) mass is 658 g/mol. The fourth-order valence-electron chi connectivity index (χ4n) is 8.01. The van der Waals surface area contributed by atoms with Crippen molar-refractivity contribution in [1.82, 2.24) is 4.98 Å². The van der Waals surface area contributed by atoms with Gasteiger partial charge in [0.2, 0.25) is 11.8 Å². The Hall–Kier alpha value is -3.14. The number of nitrogens with zero attached hydrogens (tertiary/aromatic N) is 1. The topological polar surface area (TPSA) is 79.5 Å². The summed E-state index contributed by atoms with van der Waals surface area (Å²) in [6.07, 6.45) is 0.852. The highest BCUT2D eigenvalue weighted by atomic mass is 79.9. The number of aromatic amines is 1. The molecule has 3 aromatic carbocycles. The van der Waals surface area contributed by atoms with Gasteiger partial charge in [0.15, 0.2) is 0 Å². The van der Waals surface area contributed by atoms with E-state index >= 15 is 0 Å². The maximum Gasteiger partial charge on any atom is 0.305 e. The van der Waals surface area contributed by atoms with Crippen molar-refractivity contribution in [3.63, 3.8) is 0 Å². The summed E-state index contributed by atoms with van der Waals surface area (Å²) in [6, 6.07) is 23.7. The van der Waals surface area contributed by atoms with E-state index in [4.69, 9.17) is 4.74 Å². The molecule has 1 aromatic heterocycles. The first-order valence-electron chi connectivity index (χ1n) is 14.2. The number of H-pyrrole nitrogens is 1. The lowest BCUT2D eigenvalue weighted by Crippen LogP contribution is -2.42. The van der Waals surface area contributed by atoms with E-state index in [1.807, 2.05) is 54.6 Å². The number of benzene rings is 3. The number of rotatable bonds is 5. The molecule has 42 heavy (non-hydrogen) atoms. The molecule has 1 N–H and O–H groups in total. The van der Waals surface area contributed by atoms with Gasteiger partial charge in [0.05, 0.1) is 22.5 Å². The van der Waals surface area contributed by atoms with E-state index in [1.54, 1.807) is 11.8 Å². The molecule has 2 bridgehead atoms. The number of anilines is 1. The third-order valence-electron chi connectivity index (χ3n) is 9.71. The number of fused-ring (bicyclic) bond motifs is 9. The summed E-state index contributed by atoms with van der Waals surface area (Å²) in [5.41, 5.74) is 3.98. The molecule has 1 saturated heterocycles. The van der Waals surface area contributed by atoms with Crippen LogP contribution in [0, 0.1) is 36.5 Å². The van der Waals surface area contributed by atoms with Gasteiger partial charge in [-0.25, -0.2) is 0 Å². The van der Waals surface area contributed by atoms with Crippen LogP contribution in [0.25, 0.3) is 0 Å². The van der Waals surface area contributed by atoms with E-state index in [9.17, 15) is 14.4 Å². The van der Waals surface area contributed by atoms with Gasteiger partial charge in [0.1, 0.15) is 12.4 Å². The molecule has 4 aliphatic rings. The van der Waals surface area contributed by atoms with Gasteiger partial charge >= 0.3 is 4.87 Å². The largest absolute Gasteiger partial charge is 0.489 e. The number of hydrogen-bond donors (Lipinski definition) is 1. The standard InChI is InChI=1S/C33H27BrN2O4S2/c1-16-6-2-3-7-17(16)15-40-23-9-5-4-8-20(23)24-25-21-14-22(28(25)41-30-29(24)42-33(39)35-30)27-26(21)31(37)36(32(27)38)19-12-10-18(34)11-13-19/h2-13,21-22,24-28H,14-15H2,1H3,(H,35,39)/t21-,22-,24+,25+,26+,27+,28-/m1/s1. The van der Waals surface area contributed by atoms with Crippen LogP contribution in [-0.4, -0.2) is 22.0 Å². The lowest BCUT2D eigenvalue weighted by molar-refractivity contribution is -0.123. The summed E-state index contributed by atoms with van der Waals surface area (Å²) in [7, 11) is 0. The van der Waals surface area contributed by atoms with Gasteiger partial charge in [0, 0.05) is 26.1 Å². The SMILES string of the molecule is Cc1ccccc1COc1ccccc1[C@@H]1c2sc(=O)[nH]c2S[C@@H]2[C@@H]3C[C@@H]([C@@H]4C(=O)N(c5ccc(Br)cc5)C(=O)[C@@H]34)[C@@H]12. The van der Waals surface area contributed by atoms with Gasteiger partial charge in [-0.05, 0) is 72.6 Å². The predicted molar refractivity (Wildman–Crippen MR) is 167 cm³/mol. The van der Waals surface area contributed by atoms with Crippen LogP contribution < -0.4 is 14.5 Å². The van der Waals surface area contributed by atoms with Gasteiger partial charge in [-0.15, -0.1) is 11.8 Å². The molecular formula is C33H27BrN2O4S2. The van der Waals surface area contributed by atoms with Gasteiger partial charge in [-0.1, -0.05) is 69.7 Å². The second kappa shape index (κ2) is 9.96.